The summed E-state index contributed by atoms with van der Waals surface area (Å²) < 4.78 is 67.7. The lowest BCUT2D eigenvalue weighted by Crippen LogP contribution is -2.43. The van der Waals surface area contributed by atoms with Crippen molar-refractivity contribution in [2.45, 2.75) is 23.9 Å². The molecule has 4 rings (SSSR count). The van der Waals surface area contributed by atoms with Gasteiger partial charge in [-0.3, -0.25) is 4.79 Å². The molecule has 0 saturated carbocycles. The SMILES string of the molecule is O=C(Nc1ccc(Cl)cc1C(F)(F)F)[C@H]1CCCN(S(=O)(=O)c2ccc3ccccc3c2)C1. The number of carbonyl (C=O) groups excluding carboxylic acids is 1. The monoisotopic (exact) mass is 496 g/mol. The molecule has 33 heavy (non-hydrogen) atoms. The molecule has 0 aliphatic carbocycles. The number of benzene rings is 3. The van der Waals surface area contributed by atoms with E-state index in [-0.39, 0.29) is 23.0 Å². The molecule has 0 bridgehead atoms. The highest BCUT2D eigenvalue weighted by molar-refractivity contribution is 7.89. The highest BCUT2D eigenvalue weighted by Crippen LogP contribution is 2.37. The number of hydrogen-bond acceptors (Lipinski definition) is 3. The molecular formula is C23H20ClF3N2O3S. The fourth-order valence-corrected chi connectivity index (χ4v) is 5.68. The molecule has 1 aliphatic rings. The van der Waals surface area contributed by atoms with Crippen LogP contribution in [0.5, 0.6) is 0 Å². The summed E-state index contributed by atoms with van der Waals surface area (Å²) in [6.07, 6.45) is -3.92. The van der Waals surface area contributed by atoms with E-state index in [1.165, 1.54) is 16.4 Å². The summed E-state index contributed by atoms with van der Waals surface area (Å²) in [6, 6.07) is 15.3. The summed E-state index contributed by atoms with van der Waals surface area (Å²) in [6.45, 7) is 0.115. The maximum absolute atomic E-state index is 13.3. The van der Waals surface area contributed by atoms with Crippen molar-refractivity contribution in [2.24, 2.45) is 5.92 Å². The van der Waals surface area contributed by atoms with Crippen LogP contribution in [0.4, 0.5) is 18.9 Å². The van der Waals surface area contributed by atoms with Crippen LogP contribution in [-0.4, -0.2) is 31.7 Å². The third-order valence-corrected chi connectivity index (χ3v) is 7.75. The van der Waals surface area contributed by atoms with E-state index in [2.05, 4.69) is 5.32 Å². The van der Waals surface area contributed by atoms with Crippen molar-refractivity contribution in [3.8, 4) is 0 Å². The molecule has 1 aliphatic heterocycles. The minimum atomic E-state index is -4.70. The van der Waals surface area contributed by atoms with Crippen LogP contribution in [0.3, 0.4) is 0 Å². The van der Waals surface area contributed by atoms with Crippen LogP contribution in [0.1, 0.15) is 18.4 Å². The third kappa shape index (κ3) is 5.00. The van der Waals surface area contributed by atoms with Gasteiger partial charge in [-0.25, -0.2) is 8.42 Å². The third-order valence-electron chi connectivity index (χ3n) is 5.66. The average Bonchev–Trinajstić information content (AvgIpc) is 2.79. The van der Waals surface area contributed by atoms with E-state index in [1.54, 1.807) is 12.1 Å². The molecule has 0 spiro atoms. The second kappa shape index (κ2) is 8.96. The maximum Gasteiger partial charge on any atom is 0.418 e. The van der Waals surface area contributed by atoms with Gasteiger partial charge < -0.3 is 5.32 Å². The number of halogens is 4. The van der Waals surface area contributed by atoms with E-state index in [4.69, 9.17) is 11.6 Å². The van der Waals surface area contributed by atoms with Gasteiger partial charge in [-0.05, 0) is 53.9 Å². The number of hydrogen-bond donors (Lipinski definition) is 1. The Morgan fingerprint density at radius 1 is 1.03 bits per heavy atom. The van der Waals surface area contributed by atoms with E-state index >= 15 is 0 Å². The molecule has 3 aromatic carbocycles. The van der Waals surface area contributed by atoms with Crippen LogP contribution in [0.15, 0.2) is 65.6 Å². The van der Waals surface area contributed by atoms with Gasteiger partial charge in [0.15, 0.2) is 0 Å². The number of sulfonamides is 1. The van der Waals surface area contributed by atoms with E-state index < -0.39 is 39.3 Å². The van der Waals surface area contributed by atoms with Crippen LogP contribution in [0.2, 0.25) is 5.02 Å². The molecule has 5 nitrogen and oxygen atoms in total. The van der Waals surface area contributed by atoms with Crippen molar-refractivity contribution < 1.29 is 26.4 Å². The minimum absolute atomic E-state index is 0.106. The van der Waals surface area contributed by atoms with Gasteiger partial charge in [0.2, 0.25) is 15.9 Å². The molecule has 1 N–H and O–H groups in total. The molecule has 1 heterocycles. The zero-order valence-corrected chi connectivity index (χ0v) is 18.8. The molecule has 0 aromatic heterocycles. The normalized spacial score (nSPS) is 17.8. The number of carbonyl (C=O) groups is 1. The number of amides is 1. The second-order valence-electron chi connectivity index (χ2n) is 7.89. The van der Waals surface area contributed by atoms with Gasteiger partial charge in [0.1, 0.15) is 0 Å². The van der Waals surface area contributed by atoms with Crippen LogP contribution in [0.25, 0.3) is 10.8 Å². The Hall–Kier alpha value is -2.62. The lowest BCUT2D eigenvalue weighted by molar-refractivity contribution is -0.137. The summed E-state index contributed by atoms with van der Waals surface area (Å²) in [5, 5.41) is 3.87. The number of piperidine rings is 1. The van der Waals surface area contributed by atoms with E-state index in [9.17, 15) is 26.4 Å². The highest BCUT2D eigenvalue weighted by Gasteiger charge is 2.36. The van der Waals surface area contributed by atoms with Gasteiger partial charge in [-0.15, -0.1) is 0 Å². The molecule has 0 unspecified atom stereocenters. The number of alkyl halides is 3. The summed E-state index contributed by atoms with van der Waals surface area (Å²) in [7, 11) is -3.87. The molecule has 0 radical (unpaired) electrons. The molecule has 1 fully saturated rings. The average molecular weight is 497 g/mol. The fourth-order valence-electron chi connectivity index (χ4n) is 3.95. The van der Waals surface area contributed by atoms with Gasteiger partial charge in [0, 0.05) is 18.1 Å². The first-order valence-electron chi connectivity index (χ1n) is 10.2. The van der Waals surface area contributed by atoms with Gasteiger partial charge >= 0.3 is 6.18 Å². The van der Waals surface area contributed by atoms with Crippen molar-refractivity contribution in [1.82, 2.24) is 4.31 Å². The van der Waals surface area contributed by atoms with Crippen LogP contribution < -0.4 is 5.32 Å². The van der Waals surface area contributed by atoms with E-state index in [0.717, 1.165) is 22.9 Å². The number of fused-ring (bicyclic) bond motifs is 1. The summed E-state index contributed by atoms with van der Waals surface area (Å²) in [5.74, 6) is -1.45. The van der Waals surface area contributed by atoms with Crippen molar-refractivity contribution in [3.05, 3.63) is 71.2 Å². The molecule has 1 amide bonds. The van der Waals surface area contributed by atoms with E-state index in [0.29, 0.717) is 12.8 Å². The molecule has 10 heteroatoms. The number of anilines is 1. The minimum Gasteiger partial charge on any atom is -0.325 e. The first-order valence-corrected chi connectivity index (χ1v) is 12.0. The summed E-state index contributed by atoms with van der Waals surface area (Å²) >= 11 is 5.69. The summed E-state index contributed by atoms with van der Waals surface area (Å²) in [4.78, 5) is 12.9. The Bertz CT molecular complexity index is 1310. The lowest BCUT2D eigenvalue weighted by Gasteiger charge is -2.31. The predicted octanol–water partition coefficient (Wildman–Crippen LogP) is 5.55. The first-order chi connectivity index (χ1) is 15.6. The Morgan fingerprint density at radius 3 is 2.48 bits per heavy atom. The van der Waals surface area contributed by atoms with Crippen LogP contribution in [0, 0.1) is 5.92 Å². The number of nitrogens with zero attached hydrogens (tertiary/aromatic N) is 1. The first kappa shape index (κ1) is 23.5. The van der Waals surface area contributed by atoms with Gasteiger partial charge in [0.05, 0.1) is 22.1 Å². The van der Waals surface area contributed by atoms with Crippen LogP contribution >= 0.6 is 11.6 Å². The number of rotatable bonds is 4. The molecule has 3 aromatic rings. The maximum atomic E-state index is 13.3. The smallest absolute Gasteiger partial charge is 0.325 e. The van der Waals surface area contributed by atoms with Crippen molar-refractivity contribution in [3.63, 3.8) is 0 Å². The quantitative estimate of drug-likeness (QED) is 0.515. The Morgan fingerprint density at radius 2 is 1.76 bits per heavy atom. The zero-order chi connectivity index (χ0) is 23.8. The lowest BCUT2D eigenvalue weighted by atomic mass is 9.98. The second-order valence-corrected chi connectivity index (χ2v) is 10.3. The summed E-state index contributed by atoms with van der Waals surface area (Å²) in [5.41, 5.74) is -1.47. The molecule has 174 valence electrons. The standard InChI is InChI=1S/C23H20ClF3N2O3S/c24-18-8-10-21(20(13-18)23(25,26)27)28-22(30)17-6-3-11-29(14-17)33(31,32)19-9-7-15-4-1-2-5-16(15)12-19/h1-2,4-5,7-10,12-13,17H,3,6,11,14H2,(H,28,30)/t17-/m0/s1. The molecule has 1 atom stereocenters. The van der Waals surface area contributed by atoms with Crippen molar-refractivity contribution in [2.75, 3.05) is 18.4 Å². The molecular weight excluding hydrogens is 477 g/mol. The molecule has 1 saturated heterocycles. The topological polar surface area (TPSA) is 66.5 Å². The van der Waals surface area contributed by atoms with Crippen molar-refractivity contribution >= 4 is 44.0 Å². The highest BCUT2D eigenvalue weighted by atomic mass is 35.5. The van der Waals surface area contributed by atoms with E-state index in [1.807, 2.05) is 24.3 Å². The van der Waals surface area contributed by atoms with Gasteiger partial charge in [-0.1, -0.05) is 41.9 Å². The zero-order valence-electron chi connectivity index (χ0n) is 17.3. The fraction of sp³-hybridized carbons (Fsp3) is 0.261. The number of nitrogens with one attached hydrogen (secondary N) is 1. The van der Waals surface area contributed by atoms with Gasteiger partial charge in [0.25, 0.3) is 0 Å². The predicted molar refractivity (Wildman–Crippen MR) is 121 cm³/mol. The van der Waals surface area contributed by atoms with Crippen molar-refractivity contribution in [1.29, 1.82) is 0 Å². The van der Waals surface area contributed by atoms with Crippen LogP contribution in [-0.2, 0) is 21.0 Å². The Labute approximate surface area is 194 Å². The Kier molecular flexibility index (Phi) is 6.39. The Balaban J connectivity index is 1.54. The largest absolute Gasteiger partial charge is 0.418 e. The van der Waals surface area contributed by atoms with Gasteiger partial charge in [-0.2, -0.15) is 17.5 Å².